The third-order valence-electron chi connectivity index (χ3n) is 4.16. The van der Waals surface area contributed by atoms with Gasteiger partial charge in [0.05, 0.1) is 23.1 Å². The van der Waals surface area contributed by atoms with Crippen LogP contribution in [0.1, 0.15) is 47.4 Å². The summed E-state index contributed by atoms with van der Waals surface area (Å²) in [4.78, 5) is 23.9. The highest BCUT2D eigenvalue weighted by Gasteiger charge is 2.24. The molecule has 134 valence electrons. The van der Waals surface area contributed by atoms with Crippen LogP contribution in [0.2, 0.25) is 0 Å². The lowest BCUT2D eigenvalue weighted by Crippen LogP contribution is -2.41. The van der Waals surface area contributed by atoms with Crippen LogP contribution in [0, 0.1) is 26.7 Å². The molecule has 2 N–H and O–H groups in total. The van der Waals surface area contributed by atoms with E-state index in [-0.39, 0.29) is 5.92 Å². The van der Waals surface area contributed by atoms with E-state index in [9.17, 15) is 14.7 Å². The number of carboxylic acid groups (broad SMARTS) is 1. The topological polar surface area (TPSA) is 84.2 Å². The van der Waals surface area contributed by atoms with E-state index < -0.39 is 17.9 Å². The number of carboxylic acids is 1. The lowest BCUT2D eigenvalue weighted by molar-refractivity contribution is -0.139. The Bertz CT molecular complexity index is 793. The third-order valence-corrected chi connectivity index (χ3v) is 4.16. The van der Waals surface area contributed by atoms with Crippen LogP contribution in [0.3, 0.4) is 0 Å². The van der Waals surface area contributed by atoms with E-state index in [1.807, 2.05) is 52.8 Å². The average Bonchev–Trinajstić information content (AvgIpc) is 2.90. The van der Waals surface area contributed by atoms with Gasteiger partial charge in [-0.2, -0.15) is 5.10 Å². The number of nitrogens with zero attached hydrogens (tertiary/aromatic N) is 2. The molecule has 6 heteroatoms. The van der Waals surface area contributed by atoms with Crippen molar-refractivity contribution in [2.75, 3.05) is 0 Å². The molecule has 1 unspecified atom stereocenters. The summed E-state index contributed by atoms with van der Waals surface area (Å²) in [5.74, 6) is -1.27. The van der Waals surface area contributed by atoms with E-state index in [2.05, 4.69) is 10.4 Å². The highest BCUT2D eigenvalue weighted by Crippen LogP contribution is 2.19. The average molecular weight is 343 g/mol. The first-order chi connectivity index (χ1) is 11.7. The van der Waals surface area contributed by atoms with Crippen LogP contribution in [-0.2, 0) is 4.79 Å². The van der Waals surface area contributed by atoms with Crippen molar-refractivity contribution in [3.05, 3.63) is 46.8 Å². The van der Waals surface area contributed by atoms with Gasteiger partial charge in [0.1, 0.15) is 6.04 Å². The zero-order valence-electron chi connectivity index (χ0n) is 15.3. The number of nitrogens with one attached hydrogen (secondary N) is 1. The Balaban J connectivity index is 2.29. The van der Waals surface area contributed by atoms with Crippen LogP contribution in [0.5, 0.6) is 0 Å². The van der Waals surface area contributed by atoms with Crippen molar-refractivity contribution in [2.45, 2.75) is 47.1 Å². The Morgan fingerprint density at radius 1 is 1.24 bits per heavy atom. The molecule has 6 nitrogen and oxygen atoms in total. The Kier molecular flexibility index (Phi) is 5.62. The van der Waals surface area contributed by atoms with E-state index in [0.717, 1.165) is 16.8 Å². The smallest absolute Gasteiger partial charge is 0.326 e. The maximum absolute atomic E-state index is 12.5. The Morgan fingerprint density at radius 3 is 2.52 bits per heavy atom. The molecule has 1 aromatic carbocycles. The van der Waals surface area contributed by atoms with Crippen molar-refractivity contribution in [1.29, 1.82) is 0 Å². The molecule has 25 heavy (non-hydrogen) atoms. The minimum absolute atomic E-state index is 0.167. The van der Waals surface area contributed by atoms with Crippen molar-refractivity contribution in [1.82, 2.24) is 15.1 Å². The van der Waals surface area contributed by atoms with Crippen LogP contribution in [0.25, 0.3) is 5.69 Å². The van der Waals surface area contributed by atoms with Crippen molar-refractivity contribution in [2.24, 2.45) is 5.92 Å². The minimum Gasteiger partial charge on any atom is -0.480 e. The number of rotatable bonds is 6. The predicted octanol–water partition coefficient (Wildman–Crippen LogP) is 3.03. The van der Waals surface area contributed by atoms with Gasteiger partial charge in [-0.05, 0) is 50.3 Å². The van der Waals surface area contributed by atoms with E-state index in [0.29, 0.717) is 17.7 Å². The molecule has 0 aliphatic carbocycles. The fraction of sp³-hybridized carbons (Fsp3) is 0.421. The molecule has 1 atom stereocenters. The Labute approximate surface area is 147 Å². The molecule has 1 aromatic heterocycles. The van der Waals surface area contributed by atoms with Gasteiger partial charge in [0, 0.05) is 0 Å². The van der Waals surface area contributed by atoms with Gasteiger partial charge in [-0.15, -0.1) is 0 Å². The van der Waals surface area contributed by atoms with Crippen molar-refractivity contribution < 1.29 is 14.7 Å². The summed E-state index contributed by atoms with van der Waals surface area (Å²) in [5.41, 5.74) is 4.13. The maximum Gasteiger partial charge on any atom is 0.326 e. The molecule has 0 aliphatic heterocycles. The zero-order valence-corrected chi connectivity index (χ0v) is 15.3. The fourth-order valence-corrected chi connectivity index (χ4v) is 2.75. The second kappa shape index (κ2) is 7.51. The number of hydrogen-bond donors (Lipinski definition) is 2. The van der Waals surface area contributed by atoms with Crippen molar-refractivity contribution in [3.8, 4) is 5.69 Å². The summed E-state index contributed by atoms with van der Waals surface area (Å²) in [5, 5.41) is 16.2. The van der Waals surface area contributed by atoms with E-state index in [4.69, 9.17) is 0 Å². The van der Waals surface area contributed by atoms with E-state index in [1.54, 1.807) is 4.68 Å². The summed E-state index contributed by atoms with van der Waals surface area (Å²) in [7, 11) is 0. The summed E-state index contributed by atoms with van der Waals surface area (Å²) in [6, 6.07) is 5.13. The van der Waals surface area contributed by atoms with E-state index in [1.165, 1.54) is 6.20 Å². The first-order valence-corrected chi connectivity index (χ1v) is 8.36. The lowest BCUT2D eigenvalue weighted by atomic mass is 10.0. The quantitative estimate of drug-likeness (QED) is 0.844. The standard InChI is InChI=1S/C19H25N3O3/c1-11(2)8-16(19(24)25)21-18(23)15-10-20-22(14(15)5)17-9-12(3)6-7-13(17)4/h6-7,9-11,16H,8H2,1-5H3,(H,21,23)(H,24,25). The molecule has 0 saturated carbocycles. The highest BCUT2D eigenvalue weighted by atomic mass is 16.4. The van der Waals surface area contributed by atoms with Gasteiger partial charge in [-0.3, -0.25) is 4.79 Å². The molecule has 0 aliphatic rings. The number of hydrogen-bond acceptors (Lipinski definition) is 3. The number of aryl methyl sites for hydroxylation is 2. The number of amides is 1. The molecule has 0 bridgehead atoms. The Hall–Kier alpha value is -2.63. The molecule has 2 aromatic rings. The summed E-state index contributed by atoms with van der Waals surface area (Å²) < 4.78 is 1.72. The summed E-state index contributed by atoms with van der Waals surface area (Å²) >= 11 is 0. The number of aromatic nitrogens is 2. The van der Waals surface area contributed by atoms with Gasteiger partial charge in [-0.1, -0.05) is 26.0 Å². The second-order valence-electron chi connectivity index (χ2n) is 6.84. The van der Waals surface area contributed by atoms with Crippen molar-refractivity contribution in [3.63, 3.8) is 0 Å². The Morgan fingerprint density at radius 2 is 1.92 bits per heavy atom. The highest BCUT2D eigenvalue weighted by molar-refractivity contribution is 5.97. The molecular weight excluding hydrogens is 318 g/mol. The molecule has 0 spiro atoms. The van der Waals surface area contributed by atoms with Crippen LogP contribution < -0.4 is 5.32 Å². The number of aliphatic carboxylic acids is 1. The minimum atomic E-state index is -1.03. The number of carbonyl (C=O) groups excluding carboxylic acids is 1. The molecule has 0 saturated heterocycles. The van der Waals surface area contributed by atoms with Gasteiger partial charge in [0.2, 0.25) is 0 Å². The maximum atomic E-state index is 12.5. The molecule has 2 rings (SSSR count). The molecule has 0 fully saturated rings. The van der Waals surface area contributed by atoms with Crippen molar-refractivity contribution >= 4 is 11.9 Å². The van der Waals surface area contributed by atoms with Gasteiger partial charge >= 0.3 is 5.97 Å². The normalized spacial score (nSPS) is 12.2. The van der Waals surface area contributed by atoms with Gasteiger partial charge in [0.25, 0.3) is 5.91 Å². The predicted molar refractivity (Wildman–Crippen MR) is 96.1 cm³/mol. The summed E-state index contributed by atoms with van der Waals surface area (Å²) in [6.07, 6.45) is 1.87. The van der Waals surface area contributed by atoms with Crippen LogP contribution in [0.15, 0.2) is 24.4 Å². The van der Waals surface area contributed by atoms with Gasteiger partial charge < -0.3 is 10.4 Å². The van der Waals surface area contributed by atoms with E-state index >= 15 is 0 Å². The molecular formula is C19H25N3O3. The van der Waals surface area contributed by atoms with Crippen LogP contribution >= 0.6 is 0 Å². The SMILES string of the molecule is Cc1ccc(C)c(-n2ncc(C(=O)NC(CC(C)C)C(=O)O)c2C)c1. The monoisotopic (exact) mass is 343 g/mol. The van der Waals surface area contributed by atoms with Gasteiger partial charge in [-0.25, -0.2) is 9.48 Å². The molecule has 1 amide bonds. The number of benzene rings is 1. The first-order valence-electron chi connectivity index (χ1n) is 8.36. The third kappa shape index (κ3) is 4.26. The molecule has 1 heterocycles. The zero-order chi connectivity index (χ0) is 18.7. The van der Waals surface area contributed by atoms with Crippen LogP contribution in [-0.4, -0.2) is 32.8 Å². The number of carbonyl (C=O) groups is 2. The lowest BCUT2D eigenvalue weighted by Gasteiger charge is -2.16. The fourth-order valence-electron chi connectivity index (χ4n) is 2.75. The summed E-state index contributed by atoms with van der Waals surface area (Å²) in [6.45, 7) is 9.64. The van der Waals surface area contributed by atoms with Gasteiger partial charge in [0.15, 0.2) is 0 Å². The first kappa shape index (κ1) is 18.7. The largest absolute Gasteiger partial charge is 0.480 e. The second-order valence-corrected chi connectivity index (χ2v) is 6.84. The molecule has 0 radical (unpaired) electrons. The van der Waals surface area contributed by atoms with Crippen LogP contribution in [0.4, 0.5) is 0 Å².